The van der Waals surface area contributed by atoms with Gasteiger partial charge in [-0.1, -0.05) is 24.3 Å². The zero-order valence-electron chi connectivity index (χ0n) is 15.6. The van der Waals surface area contributed by atoms with Crippen molar-refractivity contribution in [1.29, 1.82) is 0 Å². The maximum absolute atomic E-state index is 13.7. The normalized spacial score (nSPS) is 16.3. The summed E-state index contributed by atoms with van der Waals surface area (Å²) < 4.78 is 24.8. The Bertz CT molecular complexity index is 870. The number of amides is 1. The van der Waals surface area contributed by atoms with E-state index in [1.165, 1.54) is 13.2 Å². The van der Waals surface area contributed by atoms with E-state index in [1.54, 1.807) is 29.2 Å². The largest absolute Gasteiger partial charge is 0.493 e. The minimum Gasteiger partial charge on any atom is -0.493 e. The van der Waals surface area contributed by atoms with Crippen molar-refractivity contribution in [3.05, 3.63) is 59.4 Å². The molecule has 0 radical (unpaired) electrons. The Morgan fingerprint density at radius 2 is 2.04 bits per heavy atom. The Kier molecular flexibility index (Phi) is 6.13. The number of carboxylic acid groups (broad SMARTS) is 1. The molecule has 0 aromatic heterocycles. The topological polar surface area (TPSA) is 76.1 Å². The molecule has 0 saturated carbocycles. The van der Waals surface area contributed by atoms with Crippen molar-refractivity contribution in [3.8, 4) is 11.5 Å². The van der Waals surface area contributed by atoms with Crippen molar-refractivity contribution < 1.29 is 28.6 Å². The summed E-state index contributed by atoms with van der Waals surface area (Å²) in [6.45, 7) is 0.775. The quantitative estimate of drug-likeness (QED) is 0.754. The number of carboxylic acids is 1. The third-order valence-corrected chi connectivity index (χ3v) is 4.80. The zero-order chi connectivity index (χ0) is 20.1. The highest BCUT2D eigenvalue weighted by Crippen LogP contribution is 2.29. The van der Waals surface area contributed by atoms with E-state index in [0.717, 1.165) is 5.56 Å². The van der Waals surface area contributed by atoms with Gasteiger partial charge in [-0.15, -0.1) is 0 Å². The molecule has 7 heteroatoms. The van der Waals surface area contributed by atoms with Gasteiger partial charge in [0.25, 0.3) is 0 Å². The van der Waals surface area contributed by atoms with E-state index in [4.69, 9.17) is 14.6 Å². The van der Waals surface area contributed by atoms with Crippen LogP contribution in [0.1, 0.15) is 17.5 Å². The molecule has 28 heavy (non-hydrogen) atoms. The van der Waals surface area contributed by atoms with Crippen molar-refractivity contribution in [1.82, 2.24) is 4.90 Å². The number of ether oxygens (including phenoxy) is 2. The van der Waals surface area contributed by atoms with Gasteiger partial charge < -0.3 is 19.5 Å². The van der Waals surface area contributed by atoms with Gasteiger partial charge in [-0.2, -0.15) is 0 Å². The summed E-state index contributed by atoms with van der Waals surface area (Å²) >= 11 is 0. The van der Waals surface area contributed by atoms with Crippen LogP contribution in [0.4, 0.5) is 4.39 Å². The predicted molar refractivity (Wildman–Crippen MR) is 99.8 cm³/mol. The second-order valence-electron chi connectivity index (χ2n) is 6.69. The maximum atomic E-state index is 13.7. The van der Waals surface area contributed by atoms with E-state index in [9.17, 15) is 14.0 Å². The van der Waals surface area contributed by atoms with Crippen LogP contribution in [-0.2, 0) is 22.6 Å². The Hall–Kier alpha value is -3.09. The number of rotatable bonds is 8. The fraction of sp³-hybridized carbons (Fsp3) is 0.333. The first-order valence-corrected chi connectivity index (χ1v) is 9.01. The lowest BCUT2D eigenvalue weighted by atomic mass is 10.1. The molecule has 1 aliphatic rings. The average molecular weight is 387 g/mol. The van der Waals surface area contributed by atoms with E-state index < -0.39 is 11.9 Å². The first kappa shape index (κ1) is 19.7. The number of carbonyl (C=O) groups excluding carboxylic acids is 1. The van der Waals surface area contributed by atoms with Crippen LogP contribution in [-0.4, -0.2) is 42.1 Å². The molecular weight excluding hydrogens is 365 g/mol. The van der Waals surface area contributed by atoms with Gasteiger partial charge in [-0.25, -0.2) is 4.39 Å². The van der Waals surface area contributed by atoms with E-state index in [-0.39, 0.29) is 31.3 Å². The van der Waals surface area contributed by atoms with Crippen LogP contribution >= 0.6 is 0 Å². The highest BCUT2D eigenvalue weighted by Gasteiger charge is 2.33. The molecule has 0 spiro atoms. The van der Waals surface area contributed by atoms with Gasteiger partial charge in [-0.3, -0.25) is 9.59 Å². The number of aliphatic carboxylic acids is 1. The van der Waals surface area contributed by atoms with Crippen LogP contribution in [0.25, 0.3) is 0 Å². The third kappa shape index (κ3) is 4.60. The van der Waals surface area contributed by atoms with Gasteiger partial charge in [0.1, 0.15) is 12.4 Å². The molecule has 0 bridgehead atoms. The lowest BCUT2D eigenvalue weighted by Gasteiger charge is -2.17. The van der Waals surface area contributed by atoms with Crippen LogP contribution in [0, 0.1) is 11.7 Å². The summed E-state index contributed by atoms with van der Waals surface area (Å²) in [6.07, 6.45) is 0.628. The Morgan fingerprint density at radius 3 is 2.71 bits per heavy atom. The molecule has 6 nitrogen and oxygen atoms in total. The minimum atomic E-state index is -0.936. The summed E-state index contributed by atoms with van der Waals surface area (Å²) in [5.41, 5.74) is 1.39. The molecule has 1 fully saturated rings. The number of benzene rings is 2. The Morgan fingerprint density at radius 1 is 1.25 bits per heavy atom. The molecule has 1 amide bonds. The second kappa shape index (κ2) is 8.73. The second-order valence-corrected chi connectivity index (χ2v) is 6.69. The van der Waals surface area contributed by atoms with Gasteiger partial charge in [-0.05, 0) is 30.2 Å². The van der Waals surface area contributed by atoms with Gasteiger partial charge in [0.15, 0.2) is 11.5 Å². The molecule has 1 unspecified atom stereocenters. The molecule has 1 N–H and O–H groups in total. The SMILES string of the molecule is COc1cc(CCN2CC(C(=O)O)CC2=O)ccc1OCc1ccccc1F. The van der Waals surface area contributed by atoms with Crippen molar-refractivity contribution >= 4 is 11.9 Å². The van der Waals surface area contributed by atoms with Crippen molar-refractivity contribution in [2.24, 2.45) is 5.92 Å². The number of hydrogen-bond donors (Lipinski definition) is 1. The molecule has 0 aliphatic carbocycles. The smallest absolute Gasteiger partial charge is 0.308 e. The number of methoxy groups -OCH3 is 1. The summed E-state index contributed by atoms with van der Waals surface area (Å²) in [5, 5.41) is 9.05. The van der Waals surface area contributed by atoms with Crippen LogP contribution in [0.5, 0.6) is 11.5 Å². The van der Waals surface area contributed by atoms with Gasteiger partial charge in [0.2, 0.25) is 5.91 Å². The van der Waals surface area contributed by atoms with Crippen molar-refractivity contribution in [2.75, 3.05) is 20.2 Å². The molecule has 3 rings (SSSR count). The van der Waals surface area contributed by atoms with Crippen molar-refractivity contribution in [2.45, 2.75) is 19.4 Å². The maximum Gasteiger partial charge on any atom is 0.308 e. The number of likely N-dealkylation sites (tertiary alicyclic amines) is 1. The summed E-state index contributed by atoms with van der Waals surface area (Å²) in [5.74, 6) is -1.01. The van der Waals surface area contributed by atoms with Crippen LogP contribution in [0.3, 0.4) is 0 Å². The van der Waals surface area contributed by atoms with Crippen LogP contribution in [0.15, 0.2) is 42.5 Å². The third-order valence-electron chi connectivity index (χ3n) is 4.80. The highest BCUT2D eigenvalue weighted by molar-refractivity contribution is 5.86. The van der Waals surface area contributed by atoms with E-state index in [1.807, 2.05) is 12.1 Å². The molecule has 2 aromatic rings. The number of carbonyl (C=O) groups is 2. The first-order valence-electron chi connectivity index (χ1n) is 9.01. The zero-order valence-corrected chi connectivity index (χ0v) is 15.6. The monoisotopic (exact) mass is 387 g/mol. The lowest BCUT2D eigenvalue weighted by molar-refractivity contribution is -0.141. The van der Waals surface area contributed by atoms with Gasteiger partial charge in [0, 0.05) is 25.1 Å². The van der Waals surface area contributed by atoms with Crippen LogP contribution < -0.4 is 9.47 Å². The first-order chi connectivity index (χ1) is 13.5. The van der Waals surface area contributed by atoms with Gasteiger partial charge in [0.05, 0.1) is 13.0 Å². The molecule has 2 aromatic carbocycles. The molecule has 148 valence electrons. The minimum absolute atomic E-state index is 0.0570. The fourth-order valence-corrected chi connectivity index (χ4v) is 3.18. The molecule has 1 saturated heterocycles. The lowest BCUT2D eigenvalue weighted by Crippen LogP contribution is -2.28. The van der Waals surface area contributed by atoms with Crippen molar-refractivity contribution in [3.63, 3.8) is 0 Å². The van der Waals surface area contributed by atoms with E-state index in [0.29, 0.717) is 30.0 Å². The standard InChI is InChI=1S/C21H22FNO5/c1-27-19-10-14(8-9-23-12-16(21(25)26)11-20(23)24)6-7-18(19)28-13-15-4-2-3-5-17(15)22/h2-7,10,16H,8-9,11-13H2,1H3,(H,25,26). The molecule has 1 atom stereocenters. The number of halogens is 1. The highest BCUT2D eigenvalue weighted by atomic mass is 19.1. The molecule has 1 aliphatic heterocycles. The number of nitrogens with zero attached hydrogens (tertiary/aromatic N) is 1. The van der Waals surface area contributed by atoms with Gasteiger partial charge >= 0.3 is 5.97 Å². The summed E-state index contributed by atoms with van der Waals surface area (Å²) in [4.78, 5) is 24.5. The van der Waals surface area contributed by atoms with Crippen LogP contribution in [0.2, 0.25) is 0 Å². The summed E-state index contributed by atoms with van der Waals surface area (Å²) in [7, 11) is 1.52. The van der Waals surface area contributed by atoms with E-state index >= 15 is 0 Å². The summed E-state index contributed by atoms with van der Waals surface area (Å²) in [6, 6.07) is 11.8. The Balaban J connectivity index is 1.61. The molecule has 1 heterocycles. The Labute approximate surface area is 162 Å². The fourth-order valence-electron chi connectivity index (χ4n) is 3.18. The molecular formula is C21H22FNO5. The van der Waals surface area contributed by atoms with E-state index in [2.05, 4.69) is 0 Å². The number of hydrogen-bond acceptors (Lipinski definition) is 4. The predicted octanol–water partition coefficient (Wildman–Crippen LogP) is 2.89. The average Bonchev–Trinajstić information content (AvgIpc) is 3.07.